The molecule has 21 heavy (non-hydrogen) atoms. The molecule has 7 heteroatoms. The number of rotatable bonds is 8. The molecule has 0 bridgehead atoms. The van der Waals surface area contributed by atoms with E-state index in [1.807, 2.05) is 31.4 Å². The molecule has 1 rings (SSSR count). The van der Waals surface area contributed by atoms with Crippen LogP contribution in [0.15, 0.2) is 46.5 Å². The van der Waals surface area contributed by atoms with Crippen LogP contribution in [-0.2, 0) is 4.79 Å². The topological polar surface area (TPSA) is 80.9 Å². The Kier molecular flexibility index (Phi) is 7.63. The number of nitrogens with two attached hydrogens (primary N) is 1. The normalized spacial score (nSPS) is 11.6. The first-order valence-corrected chi connectivity index (χ1v) is 8.36. The molecule has 0 saturated carbocycles. The number of carbonyl (C=O) groups excluding carboxylic acids is 1. The molecule has 0 fully saturated rings. The predicted molar refractivity (Wildman–Crippen MR) is 91.7 cm³/mol. The van der Waals surface area contributed by atoms with Crippen LogP contribution < -0.4 is 11.1 Å². The molecule has 1 heterocycles. The number of thioether (sulfide) groups is 2. The van der Waals surface area contributed by atoms with Crippen LogP contribution in [0.5, 0.6) is 0 Å². The van der Waals surface area contributed by atoms with Crippen LogP contribution in [0.25, 0.3) is 0 Å². The summed E-state index contributed by atoms with van der Waals surface area (Å²) >= 11 is 2.85. The monoisotopic (exact) mass is 322 g/mol. The van der Waals surface area contributed by atoms with Gasteiger partial charge in [-0.3, -0.25) is 4.79 Å². The molecule has 0 spiro atoms. The molecule has 0 unspecified atom stereocenters. The van der Waals surface area contributed by atoms with Gasteiger partial charge in [-0.1, -0.05) is 42.6 Å². The summed E-state index contributed by atoms with van der Waals surface area (Å²) in [6.45, 7) is 5.61. The summed E-state index contributed by atoms with van der Waals surface area (Å²) in [6, 6.07) is 0. The third-order valence-corrected chi connectivity index (χ3v) is 4.19. The minimum absolute atomic E-state index is 0.369. The number of anilines is 2. The van der Waals surface area contributed by atoms with Crippen molar-refractivity contribution >= 4 is 41.6 Å². The van der Waals surface area contributed by atoms with E-state index in [-0.39, 0.29) is 0 Å². The Hall–Kier alpha value is -1.73. The van der Waals surface area contributed by atoms with E-state index >= 15 is 0 Å². The Morgan fingerprint density at radius 2 is 2.24 bits per heavy atom. The van der Waals surface area contributed by atoms with E-state index in [1.165, 1.54) is 23.5 Å². The van der Waals surface area contributed by atoms with Gasteiger partial charge in [-0.05, 0) is 18.8 Å². The highest BCUT2D eigenvalue weighted by molar-refractivity contribution is 7.99. The van der Waals surface area contributed by atoms with Crippen molar-refractivity contribution in [3.8, 4) is 0 Å². The molecule has 1 aromatic heterocycles. The van der Waals surface area contributed by atoms with Gasteiger partial charge in [-0.2, -0.15) is 0 Å². The van der Waals surface area contributed by atoms with Crippen molar-refractivity contribution in [1.29, 1.82) is 0 Å². The first-order chi connectivity index (χ1) is 10.2. The number of aromatic nitrogens is 2. The Bertz CT molecular complexity index is 570. The highest BCUT2D eigenvalue weighted by Crippen LogP contribution is 2.31. The molecule has 0 aliphatic heterocycles. The second-order valence-corrected chi connectivity index (χ2v) is 5.54. The molecule has 0 aliphatic carbocycles. The minimum Gasteiger partial charge on any atom is -0.383 e. The van der Waals surface area contributed by atoms with E-state index in [2.05, 4.69) is 21.9 Å². The number of nitrogen functional groups attached to an aromatic ring is 1. The Morgan fingerprint density at radius 3 is 2.81 bits per heavy atom. The molecule has 3 N–H and O–H groups in total. The maximum atomic E-state index is 10.6. The van der Waals surface area contributed by atoms with Crippen molar-refractivity contribution in [1.82, 2.24) is 9.97 Å². The summed E-state index contributed by atoms with van der Waals surface area (Å²) in [5.74, 6) is 1.52. The lowest BCUT2D eigenvalue weighted by Gasteiger charge is -2.09. The largest absolute Gasteiger partial charge is 0.383 e. The molecule has 5 nitrogen and oxygen atoms in total. The van der Waals surface area contributed by atoms with Crippen molar-refractivity contribution in [3.63, 3.8) is 0 Å². The van der Waals surface area contributed by atoms with Gasteiger partial charge in [0, 0.05) is 5.75 Å². The molecule has 0 saturated heterocycles. The molecular formula is C14H18N4OS2. The maximum Gasteiger partial charge on any atom is 0.212 e. The van der Waals surface area contributed by atoms with Crippen LogP contribution in [0.1, 0.15) is 6.92 Å². The molecule has 0 radical (unpaired) electrons. The van der Waals surface area contributed by atoms with Crippen LogP contribution in [-0.4, -0.2) is 28.4 Å². The van der Waals surface area contributed by atoms with Gasteiger partial charge >= 0.3 is 0 Å². The maximum absolute atomic E-state index is 10.6. The molecule has 0 aliphatic rings. The standard InChI is InChI=1S/C14H18N4OS2/c1-4-6-7-10(5-2)8-21-14-17-12(15)11(20-3)13(18-14)16-9-19/h4-7,9H,1,8H2,2-3H3,(H3,15,16,17,18,19)/b7-6-,10-5+. The van der Waals surface area contributed by atoms with Crippen molar-refractivity contribution in [3.05, 3.63) is 36.5 Å². The summed E-state index contributed by atoms with van der Waals surface area (Å²) in [7, 11) is 0. The third-order valence-electron chi connectivity index (χ3n) is 2.46. The fraction of sp³-hybridized carbons (Fsp3) is 0.214. The highest BCUT2D eigenvalue weighted by atomic mass is 32.2. The molecule has 0 aromatic carbocycles. The van der Waals surface area contributed by atoms with E-state index in [0.29, 0.717) is 33.9 Å². The van der Waals surface area contributed by atoms with Gasteiger partial charge in [0.25, 0.3) is 0 Å². The van der Waals surface area contributed by atoms with Crippen molar-refractivity contribution in [2.45, 2.75) is 17.0 Å². The highest BCUT2D eigenvalue weighted by Gasteiger charge is 2.11. The zero-order valence-corrected chi connectivity index (χ0v) is 13.6. The zero-order chi connectivity index (χ0) is 15.7. The summed E-state index contributed by atoms with van der Waals surface area (Å²) in [5, 5.41) is 3.09. The molecule has 0 atom stereocenters. The average molecular weight is 322 g/mol. The van der Waals surface area contributed by atoms with Crippen LogP contribution in [0, 0.1) is 0 Å². The lowest BCUT2D eigenvalue weighted by atomic mass is 10.2. The van der Waals surface area contributed by atoms with Crippen molar-refractivity contribution in [2.24, 2.45) is 0 Å². The first-order valence-electron chi connectivity index (χ1n) is 6.15. The number of amides is 1. The van der Waals surface area contributed by atoms with E-state index in [4.69, 9.17) is 5.73 Å². The lowest BCUT2D eigenvalue weighted by Crippen LogP contribution is -2.05. The number of nitrogens with one attached hydrogen (secondary N) is 1. The third kappa shape index (κ3) is 5.28. The molecular weight excluding hydrogens is 304 g/mol. The second kappa shape index (κ2) is 9.25. The van der Waals surface area contributed by atoms with Gasteiger partial charge in [0.2, 0.25) is 6.41 Å². The minimum atomic E-state index is 0.369. The average Bonchev–Trinajstić information content (AvgIpc) is 2.47. The Labute approximate surface area is 133 Å². The van der Waals surface area contributed by atoms with Crippen LogP contribution in [0.2, 0.25) is 0 Å². The summed E-state index contributed by atoms with van der Waals surface area (Å²) in [4.78, 5) is 19.9. The number of allylic oxidation sites excluding steroid dienone is 4. The Balaban J connectivity index is 2.91. The quantitative estimate of drug-likeness (QED) is 0.331. The van der Waals surface area contributed by atoms with Gasteiger partial charge in [-0.15, -0.1) is 11.8 Å². The van der Waals surface area contributed by atoms with Gasteiger partial charge in [0.15, 0.2) is 11.0 Å². The fourth-order valence-electron chi connectivity index (χ4n) is 1.43. The second-order valence-electron chi connectivity index (χ2n) is 3.78. The van der Waals surface area contributed by atoms with Gasteiger partial charge < -0.3 is 11.1 Å². The SMILES string of the molecule is C=C/C=C\C(=C/C)CSc1nc(N)c(SC)c(NC=O)n1. The zero-order valence-electron chi connectivity index (χ0n) is 12.0. The molecule has 1 amide bonds. The molecule has 112 valence electrons. The summed E-state index contributed by atoms with van der Waals surface area (Å²) in [6.07, 6.45) is 10.0. The van der Waals surface area contributed by atoms with Crippen molar-refractivity contribution in [2.75, 3.05) is 23.1 Å². The van der Waals surface area contributed by atoms with E-state index in [0.717, 1.165) is 5.57 Å². The van der Waals surface area contributed by atoms with Gasteiger partial charge in [0.1, 0.15) is 5.82 Å². The fourth-order valence-corrected chi connectivity index (χ4v) is 2.86. The van der Waals surface area contributed by atoms with Gasteiger partial charge in [-0.25, -0.2) is 9.97 Å². The Morgan fingerprint density at radius 1 is 1.48 bits per heavy atom. The molecule has 1 aromatic rings. The summed E-state index contributed by atoms with van der Waals surface area (Å²) < 4.78 is 0. The lowest BCUT2D eigenvalue weighted by molar-refractivity contribution is -0.105. The van der Waals surface area contributed by atoms with E-state index in [9.17, 15) is 4.79 Å². The van der Waals surface area contributed by atoms with Crippen molar-refractivity contribution < 1.29 is 4.79 Å². The number of hydrogen-bond acceptors (Lipinski definition) is 6. The number of carbonyl (C=O) groups is 1. The van der Waals surface area contributed by atoms with E-state index in [1.54, 1.807) is 6.08 Å². The van der Waals surface area contributed by atoms with Crippen LogP contribution >= 0.6 is 23.5 Å². The van der Waals surface area contributed by atoms with Crippen LogP contribution in [0.4, 0.5) is 11.6 Å². The number of hydrogen-bond donors (Lipinski definition) is 2. The van der Waals surface area contributed by atoms with E-state index < -0.39 is 0 Å². The number of nitrogens with zero attached hydrogens (tertiary/aromatic N) is 2. The summed E-state index contributed by atoms with van der Waals surface area (Å²) in [5.41, 5.74) is 7.02. The first kappa shape index (κ1) is 17.3. The smallest absolute Gasteiger partial charge is 0.212 e. The van der Waals surface area contributed by atoms with Crippen LogP contribution in [0.3, 0.4) is 0 Å². The van der Waals surface area contributed by atoms with Gasteiger partial charge in [0.05, 0.1) is 4.90 Å². The predicted octanol–water partition coefficient (Wildman–Crippen LogP) is 3.13.